The zero-order chi connectivity index (χ0) is 23.0. The number of hydrogen-bond donors (Lipinski definition) is 0. The van der Waals surface area contributed by atoms with Gasteiger partial charge in [0.05, 0.1) is 19.9 Å². The van der Waals surface area contributed by atoms with Gasteiger partial charge in [-0.2, -0.15) is 0 Å². The lowest BCUT2D eigenvalue weighted by molar-refractivity contribution is 0.512. The molecule has 2 heterocycles. The number of hydrogen-bond acceptors (Lipinski definition) is 5. The van der Waals surface area contributed by atoms with Gasteiger partial charge in [-0.3, -0.25) is 0 Å². The number of benzene rings is 2. The first kappa shape index (κ1) is 23.8. The summed E-state index contributed by atoms with van der Waals surface area (Å²) in [6.07, 6.45) is 1.37. The Bertz CT molecular complexity index is 1230. The SMILES string of the molecule is Cc1ccccc1Cc1csc(N2CCC(S(=O)(=O)c3c(F)c(Br)cc(F)c3Br)CC2)n1. The number of halogens is 4. The van der Waals surface area contributed by atoms with Gasteiger partial charge in [-0.25, -0.2) is 22.2 Å². The van der Waals surface area contributed by atoms with E-state index in [1.807, 2.05) is 17.5 Å². The molecule has 0 amide bonds. The number of piperidine rings is 1. The van der Waals surface area contributed by atoms with Crippen molar-refractivity contribution in [2.45, 2.75) is 36.3 Å². The predicted molar refractivity (Wildman–Crippen MR) is 130 cm³/mol. The van der Waals surface area contributed by atoms with Crippen LogP contribution in [0.3, 0.4) is 0 Å². The van der Waals surface area contributed by atoms with Gasteiger partial charge in [0.2, 0.25) is 0 Å². The summed E-state index contributed by atoms with van der Waals surface area (Å²) in [6.45, 7) is 3.04. The van der Waals surface area contributed by atoms with E-state index in [4.69, 9.17) is 4.98 Å². The highest BCUT2D eigenvalue weighted by Crippen LogP contribution is 2.37. The monoisotopic (exact) mass is 604 g/mol. The topological polar surface area (TPSA) is 50.3 Å². The van der Waals surface area contributed by atoms with Crippen molar-refractivity contribution in [3.63, 3.8) is 0 Å². The van der Waals surface area contributed by atoms with E-state index in [1.165, 1.54) is 22.5 Å². The lowest BCUT2D eigenvalue weighted by Crippen LogP contribution is -2.39. The second-order valence-electron chi connectivity index (χ2n) is 7.75. The van der Waals surface area contributed by atoms with Crippen molar-refractivity contribution in [1.29, 1.82) is 0 Å². The Labute approximate surface area is 206 Å². The number of sulfone groups is 1. The molecule has 1 fully saturated rings. The van der Waals surface area contributed by atoms with E-state index < -0.39 is 31.6 Å². The molecule has 0 saturated carbocycles. The van der Waals surface area contributed by atoms with Gasteiger partial charge in [-0.15, -0.1) is 11.3 Å². The molecule has 4 rings (SSSR count). The number of anilines is 1. The fourth-order valence-electron chi connectivity index (χ4n) is 3.85. The molecule has 32 heavy (non-hydrogen) atoms. The van der Waals surface area contributed by atoms with Gasteiger partial charge in [0, 0.05) is 24.9 Å². The van der Waals surface area contributed by atoms with E-state index in [1.54, 1.807) is 0 Å². The zero-order valence-electron chi connectivity index (χ0n) is 17.1. The van der Waals surface area contributed by atoms with E-state index >= 15 is 0 Å². The Hall–Kier alpha value is -1.36. The van der Waals surface area contributed by atoms with Gasteiger partial charge >= 0.3 is 0 Å². The van der Waals surface area contributed by atoms with Crippen LogP contribution in [0.5, 0.6) is 0 Å². The van der Waals surface area contributed by atoms with Crippen LogP contribution in [0.25, 0.3) is 0 Å². The minimum Gasteiger partial charge on any atom is -0.348 e. The Morgan fingerprint density at radius 1 is 1.19 bits per heavy atom. The predicted octanol–water partition coefficient (Wildman–Crippen LogP) is 6.29. The second kappa shape index (κ2) is 9.48. The van der Waals surface area contributed by atoms with Crippen LogP contribution in [0.4, 0.5) is 13.9 Å². The molecule has 0 bridgehead atoms. The van der Waals surface area contributed by atoms with Crippen LogP contribution in [0, 0.1) is 18.6 Å². The van der Waals surface area contributed by atoms with Crippen LogP contribution in [-0.4, -0.2) is 31.7 Å². The number of aromatic nitrogens is 1. The Morgan fingerprint density at radius 2 is 1.88 bits per heavy atom. The number of nitrogens with zero attached hydrogens (tertiary/aromatic N) is 2. The Kier molecular flexibility index (Phi) is 7.05. The molecule has 1 aromatic heterocycles. The lowest BCUT2D eigenvalue weighted by atomic mass is 10.1. The van der Waals surface area contributed by atoms with Crippen molar-refractivity contribution >= 4 is 58.2 Å². The van der Waals surface area contributed by atoms with Gasteiger partial charge in [0.25, 0.3) is 0 Å². The van der Waals surface area contributed by atoms with Crippen LogP contribution < -0.4 is 4.90 Å². The number of thiazole rings is 1. The summed E-state index contributed by atoms with van der Waals surface area (Å²) in [5, 5.41) is 2.09. The van der Waals surface area contributed by atoms with Crippen molar-refractivity contribution in [2.24, 2.45) is 0 Å². The fourth-order valence-corrected chi connectivity index (χ4v) is 8.10. The van der Waals surface area contributed by atoms with Crippen LogP contribution in [0.15, 0.2) is 49.6 Å². The molecule has 0 spiro atoms. The largest absolute Gasteiger partial charge is 0.348 e. The molecular weight excluding hydrogens is 586 g/mol. The maximum atomic E-state index is 14.6. The maximum Gasteiger partial charge on any atom is 0.185 e. The molecule has 170 valence electrons. The highest BCUT2D eigenvalue weighted by molar-refractivity contribution is 9.11. The molecule has 1 aliphatic heterocycles. The molecule has 4 nitrogen and oxygen atoms in total. The third-order valence-electron chi connectivity index (χ3n) is 5.68. The summed E-state index contributed by atoms with van der Waals surface area (Å²) >= 11 is 7.36. The van der Waals surface area contributed by atoms with Crippen molar-refractivity contribution in [3.05, 3.63) is 73.1 Å². The summed E-state index contributed by atoms with van der Waals surface area (Å²) in [4.78, 5) is 6.19. The first-order valence-electron chi connectivity index (χ1n) is 9.99. The van der Waals surface area contributed by atoms with Gasteiger partial charge in [0.1, 0.15) is 10.7 Å². The van der Waals surface area contributed by atoms with Gasteiger partial charge in [0.15, 0.2) is 20.8 Å². The molecule has 1 saturated heterocycles. The normalized spacial score (nSPS) is 15.3. The minimum absolute atomic E-state index is 0.210. The molecule has 1 aliphatic rings. The third kappa shape index (κ3) is 4.64. The maximum absolute atomic E-state index is 14.6. The summed E-state index contributed by atoms with van der Waals surface area (Å²) in [5.41, 5.74) is 3.42. The van der Waals surface area contributed by atoms with E-state index in [9.17, 15) is 17.2 Å². The van der Waals surface area contributed by atoms with Crippen molar-refractivity contribution in [1.82, 2.24) is 4.98 Å². The Balaban J connectivity index is 1.47. The van der Waals surface area contributed by atoms with E-state index in [0.29, 0.717) is 25.9 Å². The minimum atomic E-state index is -4.05. The summed E-state index contributed by atoms with van der Waals surface area (Å²) in [7, 11) is -4.05. The molecule has 0 radical (unpaired) electrons. The summed E-state index contributed by atoms with van der Waals surface area (Å²) in [6, 6.07) is 9.10. The number of aryl methyl sites for hydroxylation is 1. The molecule has 0 N–H and O–H groups in total. The zero-order valence-corrected chi connectivity index (χ0v) is 21.9. The molecular formula is C22H20Br2F2N2O2S2. The first-order chi connectivity index (χ1) is 15.2. The Morgan fingerprint density at radius 3 is 2.56 bits per heavy atom. The van der Waals surface area contributed by atoms with Crippen molar-refractivity contribution in [3.8, 4) is 0 Å². The van der Waals surface area contributed by atoms with Gasteiger partial charge in [-0.1, -0.05) is 24.3 Å². The van der Waals surface area contributed by atoms with Crippen LogP contribution in [-0.2, 0) is 16.3 Å². The molecule has 0 atom stereocenters. The molecule has 3 aromatic rings. The van der Waals surface area contributed by atoms with E-state index in [2.05, 4.69) is 55.8 Å². The van der Waals surface area contributed by atoms with Crippen LogP contribution in [0.2, 0.25) is 0 Å². The van der Waals surface area contributed by atoms with E-state index in [-0.39, 0.29) is 8.95 Å². The van der Waals surface area contributed by atoms with Gasteiger partial charge < -0.3 is 4.90 Å². The van der Waals surface area contributed by atoms with Gasteiger partial charge in [-0.05, 0) is 68.8 Å². The quantitative estimate of drug-likeness (QED) is 0.321. The average molecular weight is 606 g/mol. The number of rotatable bonds is 5. The second-order valence-corrected chi connectivity index (χ2v) is 12.4. The van der Waals surface area contributed by atoms with E-state index in [0.717, 1.165) is 23.3 Å². The first-order valence-corrected chi connectivity index (χ1v) is 14.0. The smallest absolute Gasteiger partial charge is 0.185 e. The van der Waals surface area contributed by atoms with Crippen LogP contribution >= 0.6 is 43.2 Å². The van der Waals surface area contributed by atoms with Crippen molar-refractivity contribution in [2.75, 3.05) is 18.0 Å². The van der Waals surface area contributed by atoms with Crippen molar-refractivity contribution < 1.29 is 17.2 Å². The fraction of sp³-hybridized carbons (Fsp3) is 0.318. The molecule has 0 unspecified atom stereocenters. The standard InChI is InChI=1S/C22H20Br2F2N2O2S2/c1-13-4-2-3-5-14(13)10-15-12-31-22(27-15)28-8-6-16(7-9-28)32(29,30)21-19(24)18(25)11-17(23)20(21)26/h2-5,11-12,16H,6-10H2,1H3. The summed E-state index contributed by atoms with van der Waals surface area (Å²) < 4.78 is 54.3. The summed E-state index contributed by atoms with van der Waals surface area (Å²) in [5.74, 6) is -1.79. The van der Waals surface area contributed by atoms with Crippen LogP contribution in [0.1, 0.15) is 29.7 Å². The third-order valence-corrected chi connectivity index (χ3v) is 10.5. The highest BCUT2D eigenvalue weighted by atomic mass is 79.9. The molecule has 0 aliphatic carbocycles. The molecule has 2 aromatic carbocycles. The lowest BCUT2D eigenvalue weighted by Gasteiger charge is -2.31. The highest BCUT2D eigenvalue weighted by Gasteiger charge is 2.36. The average Bonchev–Trinajstić information content (AvgIpc) is 3.23. The molecule has 10 heteroatoms.